The van der Waals surface area contributed by atoms with Crippen LogP contribution < -0.4 is 5.32 Å². The van der Waals surface area contributed by atoms with Gasteiger partial charge in [0.15, 0.2) is 0 Å². The molecule has 0 fully saturated rings. The molecule has 0 aliphatic heterocycles. The van der Waals surface area contributed by atoms with E-state index in [0.717, 1.165) is 16.7 Å². The zero-order valence-corrected chi connectivity index (χ0v) is 13.6. The highest BCUT2D eigenvalue weighted by Gasteiger charge is 2.25. The lowest BCUT2D eigenvalue weighted by molar-refractivity contribution is 0.103. The maximum atomic E-state index is 12.8. The van der Waals surface area contributed by atoms with Crippen LogP contribution in [0.5, 0.6) is 0 Å². The molecule has 1 aliphatic carbocycles. The monoisotopic (exact) mass is 334 g/mol. The number of benzene rings is 1. The van der Waals surface area contributed by atoms with E-state index in [1.54, 1.807) is 24.5 Å². The Kier molecular flexibility index (Phi) is 3.53. The number of aliphatic imine (C=N–C) groups is 1. The summed E-state index contributed by atoms with van der Waals surface area (Å²) in [7, 11) is 0. The first-order chi connectivity index (χ1) is 12.1. The molecule has 0 radical (unpaired) electrons. The maximum Gasteiger partial charge on any atom is 0.253 e. The van der Waals surface area contributed by atoms with Crippen LogP contribution in [0.1, 0.15) is 27.0 Å². The molecule has 4 rings (SSSR count). The van der Waals surface area contributed by atoms with Crippen LogP contribution in [0, 0.1) is 13.8 Å². The van der Waals surface area contributed by atoms with Gasteiger partial charge in [-0.15, -0.1) is 0 Å². The molecule has 25 heavy (non-hydrogen) atoms. The fraction of sp³-hybridized carbons (Fsp3) is 0.111. The number of nitrogens with one attached hydrogen (secondary N) is 1. The third kappa shape index (κ3) is 2.65. The van der Waals surface area contributed by atoms with E-state index in [1.165, 1.54) is 0 Å². The molecule has 0 bridgehead atoms. The summed E-state index contributed by atoms with van der Waals surface area (Å²) in [5.74, 6) is 0.694. The molecule has 7 nitrogen and oxygen atoms in total. The smallest absolute Gasteiger partial charge is 0.253 e. The van der Waals surface area contributed by atoms with Gasteiger partial charge in [-0.2, -0.15) is 0 Å². The summed E-state index contributed by atoms with van der Waals surface area (Å²) in [5.41, 5.74) is 3.88. The number of aryl methyl sites for hydroxylation is 2. The molecule has 1 aromatic carbocycles. The molecule has 7 heteroatoms. The Morgan fingerprint density at radius 2 is 1.72 bits per heavy atom. The van der Waals surface area contributed by atoms with E-state index in [2.05, 4.69) is 20.6 Å². The van der Waals surface area contributed by atoms with Gasteiger partial charge in [0.2, 0.25) is 11.7 Å². The summed E-state index contributed by atoms with van der Waals surface area (Å²) in [6.07, 6.45) is 4.85. The van der Waals surface area contributed by atoms with Gasteiger partial charge in [-0.05, 0) is 19.9 Å². The van der Waals surface area contributed by atoms with Crippen LogP contribution in [0.25, 0.3) is 0 Å². The van der Waals surface area contributed by atoms with Crippen molar-refractivity contribution in [1.29, 1.82) is 0 Å². The SMILES string of the molecule is Cc1cnoc1/N=C1/C=C(Nc2oncc2C)C(=O)c2ccccc21. The number of carbonyl (C=O) groups excluding carboxylic acids is 1. The van der Waals surface area contributed by atoms with E-state index in [0.29, 0.717) is 28.7 Å². The number of rotatable bonds is 3. The molecule has 2 heterocycles. The largest absolute Gasteiger partial charge is 0.338 e. The number of aromatic nitrogens is 2. The number of nitrogens with zero attached hydrogens (tertiary/aromatic N) is 3. The topological polar surface area (TPSA) is 93.5 Å². The second-order valence-electron chi connectivity index (χ2n) is 5.71. The fourth-order valence-electron chi connectivity index (χ4n) is 2.55. The van der Waals surface area contributed by atoms with Crippen molar-refractivity contribution in [2.45, 2.75) is 13.8 Å². The van der Waals surface area contributed by atoms with Crippen molar-refractivity contribution in [3.8, 4) is 0 Å². The minimum atomic E-state index is -0.139. The van der Waals surface area contributed by atoms with E-state index in [4.69, 9.17) is 9.05 Å². The van der Waals surface area contributed by atoms with Gasteiger partial charge < -0.3 is 14.4 Å². The minimum absolute atomic E-state index is 0.139. The summed E-state index contributed by atoms with van der Waals surface area (Å²) in [6, 6.07) is 7.30. The van der Waals surface area contributed by atoms with E-state index in [-0.39, 0.29) is 5.78 Å². The molecule has 3 aromatic rings. The predicted molar refractivity (Wildman–Crippen MR) is 91.2 cm³/mol. The van der Waals surface area contributed by atoms with Gasteiger partial charge in [-0.25, -0.2) is 4.99 Å². The maximum absolute atomic E-state index is 12.8. The lowest BCUT2D eigenvalue weighted by atomic mass is 9.92. The standard InChI is InChI=1S/C18H14N4O3/c1-10-8-19-24-17(10)21-14-7-15(22-18-11(2)9-20-25-18)16(23)13-6-4-3-5-12(13)14/h3-9,22H,1-2H3/b21-14-. The molecule has 0 atom stereocenters. The first-order valence-electron chi connectivity index (χ1n) is 7.67. The molecule has 0 saturated heterocycles. The van der Waals surface area contributed by atoms with Gasteiger partial charge in [0, 0.05) is 22.3 Å². The van der Waals surface area contributed by atoms with Crippen LogP contribution in [-0.4, -0.2) is 21.8 Å². The van der Waals surface area contributed by atoms with Crippen LogP contribution >= 0.6 is 0 Å². The Bertz CT molecular complexity index is 1030. The highest BCUT2D eigenvalue weighted by molar-refractivity contribution is 6.27. The molecule has 124 valence electrons. The number of hydrogen-bond donors (Lipinski definition) is 1. The Morgan fingerprint density at radius 3 is 2.40 bits per heavy atom. The number of anilines is 1. The Labute approximate surface area is 143 Å². The zero-order valence-electron chi connectivity index (χ0n) is 13.6. The summed E-state index contributed by atoms with van der Waals surface area (Å²) in [5, 5.41) is 10.5. The summed E-state index contributed by atoms with van der Waals surface area (Å²) in [6.45, 7) is 3.70. The van der Waals surface area contributed by atoms with Gasteiger partial charge in [0.1, 0.15) is 0 Å². The summed E-state index contributed by atoms with van der Waals surface area (Å²) < 4.78 is 10.3. The van der Waals surface area contributed by atoms with Crippen molar-refractivity contribution >= 4 is 23.3 Å². The minimum Gasteiger partial charge on any atom is -0.338 e. The van der Waals surface area contributed by atoms with Crippen molar-refractivity contribution in [2.24, 2.45) is 4.99 Å². The lowest BCUT2D eigenvalue weighted by Gasteiger charge is -2.17. The zero-order chi connectivity index (χ0) is 17.4. The Hall–Kier alpha value is -3.48. The number of carbonyl (C=O) groups is 1. The van der Waals surface area contributed by atoms with Crippen LogP contribution in [0.3, 0.4) is 0 Å². The lowest BCUT2D eigenvalue weighted by Crippen LogP contribution is -2.22. The molecule has 1 aliphatic rings. The first kappa shape index (κ1) is 15.1. The molecule has 0 amide bonds. The molecular formula is C18H14N4O3. The first-order valence-corrected chi connectivity index (χ1v) is 7.67. The number of Topliss-reactive ketones (excluding diaryl/α,β-unsaturated/α-hetero) is 1. The predicted octanol–water partition coefficient (Wildman–Crippen LogP) is 3.59. The van der Waals surface area contributed by atoms with E-state index < -0.39 is 0 Å². The number of allylic oxidation sites excluding steroid dienone is 2. The number of ketones is 1. The van der Waals surface area contributed by atoms with E-state index >= 15 is 0 Å². The van der Waals surface area contributed by atoms with Gasteiger partial charge in [-0.1, -0.05) is 34.6 Å². The number of hydrogen-bond acceptors (Lipinski definition) is 7. The van der Waals surface area contributed by atoms with Gasteiger partial charge in [-0.3, -0.25) is 4.79 Å². The third-order valence-corrected chi connectivity index (χ3v) is 3.91. The van der Waals surface area contributed by atoms with Crippen molar-refractivity contribution in [3.63, 3.8) is 0 Å². The van der Waals surface area contributed by atoms with Gasteiger partial charge >= 0.3 is 0 Å². The second kappa shape index (κ2) is 5.86. The highest BCUT2D eigenvalue weighted by Crippen LogP contribution is 2.27. The Morgan fingerprint density at radius 1 is 1.00 bits per heavy atom. The van der Waals surface area contributed by atoms with Crippen LogP contribution in [-0.2, 0) is 0 Å². The van der Waals surface area contributed by atoms with Crippen LogP contribution in [0.2, 0.25) is 0 Å². The highest BCUT2D eigenvalue weighted by atomic mass is 16.5. The van der Waals surface area contributed by atoms with E-state index in [1.807, 2.05) is 32.0 Å². The normalized spacial score (nSPS) is 15.2. The summed E-state index contributed by atoms with van der Waals surface area (Å²) >= 11 is 0. The van der Waals surface area contributed by atoms with Crippen molar-refractivity contribution in [1.82, 2.24) is 10.3 Å². The number of fused-ring (bicyclic) bond motifs is 1. The molecule has 0 saturated carbocycles. The average Bonchev–Trinajstić information content (AvgIpc) is 3.21. The molecular weight excluding hydrogens is 320 g/mol. The molecule has 0 spiro atoms. The second-order valence-corrected chi connectivity index (χ2v) is 5.71. The fourth-order valence-corrected chi connectivity index (χ4v) is 2.55. The molecule has 1 N–H and O–H groups in total. The van der Waals surface area contributed by atoms with Crippen molar-refractivity contribution in [3.05, 3.63) is 70.7 Å². The Balaban J connectivity index is 1.83. The van der Waals surface area contributed by atoms with E-state index in [9.17, 15) is 4.79 Å². The van der Waals surface area contributed by atoms with Gasteiger partial charge in [0.25, 0.3) is 5.88 Å². The average molecular weight is 334 g/mol. The quantitative estimate of drug-likeness (QED) is 0.786. The van der Waals surface area contributed by atoms with Crippen molar-refractivity contribution in [2.75, 3.05) is 5.32 Å². The summed E-state index contributed by atoms with van der Waals surface area (Å²) in [4.78, 5) is 17.3. The van der Waals surface area contributed by atoms with Gasteiger partial charge in [0.05, 0.1) is 23.8 Å². The van der Waals surface area contributed by atoms with Crippen LogP contribution in [0.4, 0.5) is 11.8 Å². The van der Waals surface area contributed by atoms with Crippen LogP contribution in [0.15, 0.2) is 62.5 Å². The van der Waals surface area contributed by atoms with Crippen molar-refractivity contribution < 1.29 is 13.8 Å². The molecule has 0 unspecified atom stereocenters. The molecule has 2 aromatic heterocycles. The third-order valence-electron chi connectivity index (χ3n) is 3.91.